The quantitative estimate of drug-likeness (QED) is 0.488. The number of esters is 1. The van der Waals surface area contributed by atoms with Crippen LogP contribution in [0.3, 0.4) is 0 Å². The van der Waals surface area contributed by atoms with Crippen LogP contribution in [-0.2, 0) is 4.74 Å². The molecule has 0 saturated heterocycles. The number of nitro groups is 1. The molecular weight excluding hydrogens is 290 g/mol. The molecule has 0 radical (unpaired) electrons. The lowest BCUT2D eigenvalue weighted by Crippen LogP contribution is -1.96. The average molecular weight is 299 g/mol. The Kier molecular flexibility index (Phi) is 3.91. The normalized spacial score (nSPS) is 10.4. The summed E-state index contributed by atoms with van der Waals surface area (Å²) in [5.41, 5.74) is 0. The van der Waals surface area contributed by atoms with Crippen LogP contribution in [0.4, 0.5) is 5.00 Å². The summed E-state index contributed by atoms with van der Waals surface area (Å²) in [7, 11) is 1.24. The van der Waals surface area contributed by atoms with Crippen LogP contribution in [0.1, 0.15) is 15.4 Å². The minimum absolute atomic E-state index is 0.0778. The van der Waals surface area contributed by atoms with Crippen molar-refractivity contribution in [1.82, 2.24) is 0 Å². The van der Waals surface area contributed by atoms with E-state index in [4.69, 9.17) is 4.42 Å². The van der Waals surface area contributed by atoms with Crippen molar-refractivity contribution in [2.45, 2.75) is 16.7 Å². The highest BCUT2D eigenvalue weighted by molar-refractivity contribution is 7.99. The molecule has 2 heterocycles. The standard InChI is InChI=1S/C11H9NO5S2/c1-6-7(3-4-17-6)18-8-5-9(11(13)16-2)19-10(8)12(14)15/h3-5H,1-2H3. The SMILES string of the molecule is COC(=O)c1cc(Sc2ccoc2C)c([N+](=O)[O-])s1. The van der Waals surface area contributed by atoms with E-state index in [2.05, 4.69) is 4.74 Å². The highest BCUT2D eigenvalue weighted by Crippen LogP contribution is 2.42. The first-order chi connectivity index (χ1) is 9.02. The number of hydrogen-bond donors (Lipinski definition) is 0. The topological polar surface area (TPSA) is 82.6 Å². The summed E-state index contributed by atoms with van der Waals surface area (Å²) in [6, 6.07) is 3.19. The largest absolute Gasteiger partial charge is 0.468 e. The van der Waals surface area contributed by atoms with Gasteiger partial charge in [-0.3, -0.25) is 10.1 Å². The van der Waals surface area contributed by atoms with Crippen molar-refractivity contribution >= 4 is 34.1 Å². The Labute approximate surface area is 116 Å². The fraction of sp³-hybridized carbons (Fsp3) is 0.182. The number of ether oxygens (including phenoxy) is 1. The highest BCUT2D eigenvalue weighted by atomic mass is 32.2. The fourth-order valence-electron chi connectivity index (χ4n) is 1.36. The number of hydrogen-bond acceptors (Lipinski definition) is 7. The van der Waals surface area contributed by atoms with Crippen molar-refractivity contribution in [2.24, 2.45) is 0 Å². The summed E-state index contributed by atoms with van der Waals surface area (Å²) in [5, 5.41) is 10.9. The van der Waals surface area contributed by atoms with Crippen LogP contribution in [0.25, 0.3) is 0 Å². The number of nitrogens with zero attached hydrogens (tertiary/aromatic N) is 1. The predicted molar refractivity (Wildman–Crippen MR) is 69.9 cm³/mol. The molecule has 2 rings (SSSR count). The first-order valence-electron chi connectivity index (χ1n) is 5.11. The molecule has 0 atom stereocenters. The molecule has 0 bridgehead atoms. The summed E-state index contributed by atoms with van der Waals surface area (Å²) in [5.74, 6) is 0.0916. The van der Waals surface area contributed by atoms with Crippen molar-refractivity contribution in [3.8, 4) is 0 Å². The second-order valence-corrected chi connectivity index (χ2v) is 5.59. The van der Waals surface area contributed by atoms with Crippen molar-refractivity contribution in [3.05, 3.63) is 39.1 Å². The summed E-state index contributed by atoms with van der Waals surface area (Å²) in [6.07, 6.45) is 1.51. The third kappa shape index (κ3) is 2.79. The van der Waals surface area contributed by atoms with E-state index in [1.54, 1.807) is 13.0 Å². The first kappa shape index (κ1) is 13.6. The summed E-state index contributed by atoms with van der Waals surface area (Å²) >= 11 is 1.99. The molecule has 0 aromatic carbocycles. The van der Waals surface area contributed by atoms with Crippen molar-refractivity contribution in [1.29, 1.82) is 0 Å². The minimum Gasteiger partial charge on any atom is -0.468 e. The van der Waals surface area contributed by atoms with E-state index in [1.807, 2.05) is 0 Å². The van der Waals surface area contributed by atoms with E-state index < -0.39 is 10.9 Å². The van der Waals surface area contributed by atoms with E-state index in [9.17, 15) is 14.9 Å². The maximum Gasteiger partial charge on any atom is 0.348 e. The second-order valence-electron chi connectivity index (χ2n) is 3.47. The molecule has 0 fully saturated rings. The van der Waals surface area contributed by atoms with Crippen molar-refractivity contribution in [2.75, 3.05) is 7.11 Å². The molecule has 8 heteroatoms. The van der Waals surface area contributed by atoms with Gasteiger partial charge >= 0.3 is 11.0 Å². The zero-order chi connectivity index (χ0) is 14.0. The van der Waals surface area contributed by atoms with Gasteiger partial charge in [-0.15, -0.1) is 0 Å². The number of carbonyl (C=O) groups is 1. The molecule has 19 heavy (non-hydrogen) atoms. The van der Waals surface area contributed by atoms with Gasteiger partial charge in [-0.05, 0) is 19.1 Å². The lowest BCUT2D eigenvalue weighted by Gasteiger charge is -1.95. The van der Waals surface area contributed by atoms with Gasteiger partial charge in [0.2, 0.25) is 0 Å². The van der Waals surface area contributed by atoms with Gasteiger partial charge in [-0.2, -0.15) is 0 Å². The maximum atomic E-state index is 11.4. The van der Waals surface area contributed by atoms with Crippen LogP contribution >= 0.6 is 23.1 Å². The molecule has 2 aromatic rings. The van der Waals surface area contributed by atoms with Gasteiger partial charge in [0, 0.05) is 0 Å². The Morgan fingerprint density at radius 3 is 2.79 bits per heavy atom. The lowest BCUT2D eigenvalue weighted by molar-refractivity contribution is -0.382. The van der Waals surface area contributed by atoms with E-state index in [-0.39, 0.29) is 9.88 Å². The zero-order valence-electron chi connectivity index (χ0n) is 10.0. The van der Waals surface area contributed by atoms with Gasteiger partial charge in [0.15, 0.2) is 0 Å². The number of furan rings is 1. The lowest BCUT2D eigenvalue weighted by atomic mass is 10.5. The Balaban J connectivity index is 2.38. The van der Waals surface area contributed by atoms with Crippen LogP contribution in [0.5, 0.6) is 0 Å². The predicted octanol–water partition coefficient (Wildman–Crippen LogP) is 3.50. The summed E-state index contributed by atoms with van der Waals surface area (Å²) < 4.78 is 9.70. The first-order valence-corrected chi connectivity index (χ1v) is 6.74. The summed E-state index contributed by atoms with van der Waals surface area (Å²) in [4.78, 5) is 23.3. The number of rotatable bonds is 4. The zero-order valence-corrected chi connectivity index (χ0v) is 11.7. The Morgan fingerprint density at radius 2 is 2.26 bits per heavy atom. The molecule has 0 aliphatic carbocycles. The van der Waals surface area contributed by atoms with E-state index >= 15 is 0 Å². The Hall–Kier alpha value is -1.80. The van der Waals surface area contributed by atoms with Gasteiger partial charge < -0.3 is 9.15 Å². The van der Waals surface area contributed by atoms with Crippen LogP contribution in [-0.4, -0.2) is 18.0 Å². The van der Waals surface area contributed by atoms with E-state index in [1.165, 1.54) is 31.2 Å². The molecule has 0 saturated carbocycles. The smallest absolute Gasteiger partial charge is 0.348 e. The second kappa shape index (κ2) is 5.45. The molecule has 0 N–H and O–H groups in total. The molecule has 0 spiro atoms. The van der Waals surface area contributed by atoms with E-state index in [0.717, 1.165) is 16.2 Å². The molecule has 0 unspecified atom stereocenters. The summed E-state index contributed by atoms with van der Waals surface area (Å²) in [6.45, 7) is 1.77. The van der Waals surface area contributed by atoms with Gasteiger partial charge in [-0.1, -0.05) is 23.1 Å². The number of carbonyl (C=O) groups excluding carboxylic acids is 1. The third-order valence-electron chi connectivity index (χ3n) is 2.26. The van der Waals surface area contributed by atoms with Crippen LogP contribution < -0.4 is 0 Å². The van der Waals surface area contributed by atoms with Crippen LogP contribution in [0, 0.1) is 17.0 Å². The highest BCUT2D eigenvalue weighted by Gasteiger charge is 2.24. The molecular formula is C11H9NO5S2. The number of aryl methyl sites for hydroxylation is 1. The molecule has 0 aliphatic heterocycles. The molecule has 2 aromatic heterocycles. The minimum atomic E-state index is -0.580. The maximum absolute atomic E-state index is 11.4. The van der Waals surface area contributed by atoms with Gasteiger partial charge in [0.25, 0.3) is 0 Å². The Morgan fingerprint density at radius 1 is 1.53 bits per heavy atom. The average Bonchev–Trinajstić information content (AvgIpc) is 2.96. The van der Waals surface area contributed by atoms with Crippen LogP contribution in [0.2, 0.25) is 0 Å². The third-order valence-corrected chi connectivity index (χ3v) is 4.63. The van der Waals surface area contributed by atoms with Gasteiger partial charge in [0.1, 0.15) is 15.5 Å². The molecule has 6 nitrogen and oxygen atoms in total. The molecule has 100 valence electrons. The molecule has 0 amide bonds. The monoisotopic (exact) mass is 299 g/mol. The number of thiophene rings is 1. The van der Waals surface area contributed by atoms with E-state index in [0.29, 0.717) is 10.7 Å². The van der Waals surface area contributed by atoms with Crippen molar-refractivity contribution in [3.63, 3.8) is 0 Å². The number of methoxy groups -OCH3 is 1. The van der Waals surface area contributed by atoms with Gasteiger partial charge in [0.05, 0.1) is 23.2 Å². The molecule has 0 aliphatic rings. The van der Waals surface area contributed by atoms with Crippen molar-refractivity contribution < 1.29 is 18.9 Å². The fourth-order valence-corrected chi connectivity index (χ4v) is 3.37. The van der Waals surface area contributed by atoms with Gasteiger partial charge in [-0.25, -0.2) is 4.79 Å². The van der Waals surface area contributed by atoms with Crippen LogP contribution in [0.15, 0.2) is 32.6 Å². The Bertz CT molecular complexity index is 631.